The fourth-order valence-electron chi connectivity index (χ4n) is 10.4. The molecule has 1 aromatic heterocycles. The minimum Gasteiger partial charge on any atom is -0.508 e. The van der Waals surface area contributed by atoms with Crippen molar-refractivity contribution < 1.29 is 67.1 Å². The highest BCUT2D eigenvalue weighted by atomic mass is 19.1. The van der Waals surface area contributed by atoms with Gasteiger partial charge in [0.15, 0.2) is 17.2 Å². The van der Waals surface area contributed by atoms with Crippen molar-refractivity contribution in [3.05, 3.63) is 195 Å². The Morgan fingerprint density at radius 1 is 0.675 bits per heavy atom. The summed E-state index contributed by atoms with van der Waals surface area (Å²) >= 11 is 0. The zero-order valence-corrected chi connectivity index (χ0v) is 44.0. The first kappa shape index (κ1) is 54.6. The molecule has 6 aromatic carbocycles. The molecular weight excluding hydrogens is 1020 g/mol. The summed E-state index contributed by atoms with van der Waals surface area (Å²) in [6, 6.07) is 35.4. The van der Waals surface area contributed by atoms with Gasteiger partial charge < -0.3 is 54.7 Å². The number of hydrogen-bond acceptors (Lipinski definition) is 13. The normalized spacial score (nSPS) is 14.3. The maximum Gasteiger partial charge on any atom is 0.353 e. The molecule has 3 aliphatic heterocycles. The smallest absolute Gasteiger partial charge is 0.353 e. The maximum absolute atomic E-state index is 15.3. The van der Waals surface area contributed by atoms with E-state index >= 15 is 4.39 Å². The summed E-state index contributed by atoms with van der Waals surface area (Å²) in [6.07, 6.45) is 10.5. The van der Waals surface area contributed by atoms with Crippen molar-refractivity contribution in [2.45, 2.75) is 63.4 Å². The van der Waals surface area contributed by atoms with E-state index < -0.39 is 29.2 Å². The average molecular weight is 1090 g/mol. The van der Waals surface area contributed by atoms with E-state index in [1.165, 1.54) is 30.3 Å². The summed E-state index contributed by atoms with van der Waals surface area (Å²) in [5, 5.41) is 48.3. The minimum atomic E-state index is -1.49. The minimum absolute atomic E-state index is 0.0628. The second kappa shape index (κ2) is 24.9. The van der Waals surface area contributed by atoms with E-state index in [1.54, 1.807) is 71.1 Å². The van der Waals surface area contributed by atoms with Gasteiger partial charge in [-0.05, 0) is 109 Å². The number of amides is 2. The van der Waals surface area contributed by atoms with E-state index in [2.05, 4.69) is 10.6 Å². The predicted molar refractivity (Wildman–Crippen MR) is 293 cm³/mol. The van der Waals surface area contributed by atoms with E-state index in [-0.39, 0.29) is 96.8 Å². The molecule has 0 bridgehead atoms. The lowest BCUT2D eigenvalue weighted by Gasteiger charge is -2.36. The number of aliphatic hydroxyl groups is 1. The van der Waals surface area contributed by atoms with Gasteiger partial charge in [-0.25, -0.2) is 14.2 Å². The second-order valence-corrected chi connectivity index (χ2v) is 20.0. The molecule has 3 aliphatic rings. The van der Waals surface area contributed by atoms with Crippen LogP contribution in [0.2, 0.25) is 0 Å². The Hall–Kier alpha value is -8.80. The van der Waals surface area contributed by atoms with Crippen LogP contribution in [0.1, 0.15) is 99.2 Å². The number of carbonyl (C=O) groups is 3. The Morgan fingerprint density at radius 3 is 2.11 bits per heavy atom. The molecule has 7 aromatic rings. The number of phenolic OH excluding ortho intramolecular Hbond substituents is 3. The standard InChI is InChI=1S/C63H61FN4O12/c64-52-33-41(32-44-36-55-53(34-40-10-6-5-7-11-40)67-54(39-68(55)61(44)74)42-13-16-45(69)17-14-42)12-23-56(52)78-27-9-4-2-1-3-8-25-65-59(72)24-28-76-30-31-77-29-26-66-60(73)43-15-20-48-51(35-43)63(80-62(48)75)49-21-18-46(70)37-57(49)79-58-38-47(71)19-22-50(58)63/h5-7,10-23,33,35-39,44H,1-4,8-9,24-32,34H2,(H5,65,66,69,70,71,72,73)/p+1. The quantitative estimate of drug-likeness (QED) is 0.0179. The summed E-state index contributed by atoms with van der Waals surface area (Å²) in [5.41, 5.74) is 4.46. The number of esters is 1. The number of fused-ring (bicyclic) bond motifs is 7. The zero-order chi connectivity index (χ0) is 55.6. The van der Waals surface area contributed by atoms with Crippen LogP contribution >= 0.6 is 0 Å². The molecular formula is C63H62FN4O12+. The Balaban J connectivity index is 0.570. The number of carbonyl (C=O) groups excluding carboxylic acids is 3. The number of nitrogens with one attached hydrogen (secondary N) is 2. The maximum atomic E-state index is 15.3. The van der Waals surface area contributed by atoms with E-state index in [9.17, 15) is 34.8 Å². The SMILES string of the molecule is O=C(CCOCCOCCNC(=O)c1ccc2c(c1)C1(OC2=O)c2ccc(O)cc2Oc2cc(O)ccc21)NCCCCCCCCOc1ccc(CC2C=c3c(Cc4ccccc4)nc(-c4ccc(O)cc4)c[n+]3=C2O)cc1F. The number of hydrogen-bond donors (Lipinski definition) is 6. The van der Waals surface area contributed by atoms with Crippen LogP contribution in [0, 0.1) is 17.6 Å². The summed E-state index contributed by atoms with van der Waals surface area (Å²) in [5.74, 6) is -1.08. The van der Waals surface area contributed by atoms with Gasteiger partial charge >= 0.3 is 11.9 Å². The highest BCUT2D eigenvalue weighted by molar-refractivity contribution is 6.00. The van der Waals surface area contributed by atoms with Crippen LogP contribution < -0.4 is 29.7 Å². The highest BCUT2D eigenvalue weighted by Gasteiger charge is 2.54. The monoisotopic (exact) mass is 1090 g/mol. The van der Waals surface area contributed by atoms with Crippen LogP contribution in [0.5, 0.6) is 34.5 Å². The van der Waals surface area contributed by atoms with Gasteiger partial charge in [-0.1, -0.05) is 62.1 Å². The Kier molecular flexibility index (Phi) is 17.0. The number of aromatic hydroxyl groups is 3. The van der Waals surface area contributed by atoms with Gasteiger partial charge in [-0.2, -0.15) is 0 Å². The largest absolute Gasteiger partial charge is 0.508 e. The van der Waals surface area contributed by atoms with Crippen molar-refractivity contribution in [1.82, 2.24) is 15.6 Å². The summed E-state index contributed by atoms with van der Waals surface area (Å²) in [4.78, 5) is 43.9. The molecule has 1 spiro atoms. The van der Waals surface area contributed by atoms with Gasteiger partial charge in [-0.3, -0.25) is 9.59 Å². The van der Waals surface area contributed by atoms with Gasteiger partial charge in [0.1, 0.15) is 46.1 Å². The molecule has 1 unspecified atom stereocenters. The molecule has 0 saturated carbocycles. The lowest BCUT2D eigenvalue weighted by atomic mass is 9.77. The molecule has 4 heterocycles. The topological polar surface area (TPSA) is 221 Å². The molecule has 2 amide bonds. The molecule has 0 fully saturated rings. The van der Waals surface area contributed by atoms with Gasteiger partial charge in [0, 0.05) is 72.0 Å². The third-order valence-corrected chi connectivity index (χ3v) is 14.4. The Morgan fingerprint density at radius 2 is 1.38 bits per heavy atom. The summed E-state index contributed by atoms with van der Waals surface area (Å²) in [7, 11) is 0. The molecule has 10 rings (SSSR count). The van der Waals surface area contributed by atoms with E-state index in [0.717, 1.165) is 66.3 Å². The van der Waals surface area contributed by atoms with Gasteiger partial charge in [0.2, 0.25) is 17.5 Å². The number of unbranched alkanes of at least 4 members (excludes halogenated alkanes) is 5. The van der Waals surface area contributed by atoms with E-state index in [0.29, 0.717) is 48.4 Å². The molecule has 80 heavy (non-hydrogen) atoms. The van der Waals surface area contributed by atoms with Crippen molar-refractivity contribution >= 4 is 23.9 Å². The molecule has 16 nitrogen and oxygen atoms in total. The van der Waals surface area contributed by atoms with Crippen LogP contribution in [-0.4, -0.2) is 89.3 Å². The Bertz CT molecular complexity index is 3490. The van der Waals surface area contributed by atoms with E-state index in [4.69, 9.17) is 28.7 Å². The molecule has 17 heteroatoms. The molecule has 0 radical (unpaired) electrons. The van der Waals surface area contributed by atoms with Crippen LogP contribution in [0.4, 0.5) is 4.39 Å². The number of halogens is 1. The number of aliphatic hydroxyl groups excluding tert-OH is 1. The first-order valence-corrected chi connectivity index (χ1v) is 27.0. The van der Waals surface area contributed by atoms with Crippen LogP contribution in [0.15, 0.2) is 134 Å². The van der Waals surface area contributed by atoms with Gasteiger partial charge in [-0.15, -0.1) is 4.24 Å². The van der Waals surface area contributed by atoms with Gasteiger partial charge in [0.25, 0.3) is 5.91 Å². The number of rotatable bonds is 25. The van der Waals surface area contributed by atoms with Crippen molar-refractivity contribution in [1.29, 1.82) is 0 Å². The predicted octanol–water partition coefficient (Wildman–Crippen LogP) is 8.69. The lowest BCUT2D eigenvalue weighted by molar-refractivity contribution is -0.556. The molecule has 1 atom stereocenters. The van der Waals surface area contributed by atoms with Crippen LogP contribution in [-0.2, 0) is 37.4 Å². The Labute approximate surface area is 461 Å². The van der Waals surface area contributed by atoms with Crippen molar-refractivity contribution in [3.63, 3.8) is 0 Å². The van der Waals surface area contributed by atoms with Crippen LogP contribution in [0.25, 0.3) is 17.3 Å². The molecule has 412 valence electrons. The third-order valence-electron chi connectivity index (χ3n) is 14.4. The van der Waals surface area contributed by atoms with Gasteiger partial charge in [0.05, 0.1) is 38.6 Å². The number of aromatic nitrogens is 2. The first-order valence-electron chi connectivity index (χ1n) is 27.0. The third kappa shape index (κ3) is 12.4. The second-order valence-electron chi connectivity index (χ2n) is 20.0. The molecule has 0 saturated heterocycles. The zero-order valence-electron chi connectivity index (χ0n) is 44.0. The fraction of sp³-hybridized carbons (Fsp3) is 0.286. The highest BCUT2D eigenvalue weighted by Crippen LogP contribution is 2.57. The average Bonchev–Trinajstić information content (AvgIpc) is 4.01. The van der Waals surface area contributed by atoms with Crippen LogP contribution in [0.3, 0.4) is 0 Å². The number of phenols is 3. The molecule has 6 N–H and O–H groups in total. The molecule has 0 aliphatic carbocycles. The van der Waals surface area contributed by atoms with Crippen molar-refractivity contribution in [2.75, 3.05) is 46.1 Å². The fourth-order valence-corrected chi connectivity index (χ4v) is 10.4. The van der Waals surface area contributed by atoms with E-state index in [1.807, 2.05) is 42.5 Å². The summed E-state index contributed by atoms with van der Waals surface area (Å²) in [6.45, 7) is 2.18. The summed E-state index contributed by atoms with van der Waals surface area (Å²) < 4.78 is 46.2. The van der Waals surface area contributed by atoms with Crippen molar-refractivity contribution in [3.8, 4) is 45.8 Å². The number of nitrogens with zero attached hydrogens (tertiary/aromatic N) is 2. The first-order chi connectivity index (χ1) is 38.9. The van der Waals surface area contributed by atoms with Crippen molar-refractivity contribution in [2.24, 2.45) is 5.92 Å². The number of benzene rings is 6. The number of ether oxygens (including phenoxy) is 5. The lowest BCUT2D eigenvalue weighted by Crippen LogP contribution is -2.41.